The van der Waals surface area contributed by atoms with Gasteiger partial charge in [-0.1, -0.05) is 6.07 Å². The Morgan fingerprint density at radius 2 is 2.18 bits per heavy atom. The zero-order valence-electron chi connectivity index (χ0n) is 9.05. The molecule has 2 aliphatic rings. The summed E-state index contributed by atoms with van der Waals surface area (Å²) in [7, 11) is 0. The molecule has 0 bridgehead atoms. The smallest absolute Gasteiger partial charge is 0.415 e. The molecular weight excluding hydrogens is 222 g/mol. The highest BCUT2D eigenvalue weighted by molar-refractivity contribution is 5.95. The predicted octanol–water partition coefficient (Wildman–Crippen LogP) is 1.87. The third-order valence-corrected chi connectivity index (χ3v) is 3.30. The van der Waals surface area contributed by atoms with Crippen LogP contribution in [-0.2, 0) is 4.74 Å². The number of carboxylic acids is 1. The van der Waals surface area contributed by atoms with Crippen LogP contribution in [0.5, 0.6) is 0 Å². The van der Waals surface area contributed by atoms with Gasteiger partial charge in [0, 0.05) is 5.69 Å². The second-order valence-corrected chi connectivity index (χ2v) is 4.47. The number of hydrogen-bond acceptors (Lipinski definition) is 3. The number of hydrogen-bond donors (Lipinski definition) is 1. The summed E-state index contributed by atoms with van der Waals surface area (Å²) in [5, 5.41) is 8.93. The molecule has 3 rings (SSSR count). The molecule has 1 saturated carbocycles. The first-order valence-electron chi connectivity index (χ1n) is 5.43. The van der Waals surface area contributed by atoms with E-state index in [0.717, 1.165) is 12.8 Å². The molecule has 1 aliphatic carbocycles. The summed E-state index contributed by atoms with van der Waals surface area (Å²) in [6.07, 6.45) is 1.44. The topological polar surface area (TPSA) is 66.8 Å². The van der Waals surface area contributed by atoms with Gasteiger partial charge in [0.15, 0.2) is 0 Å². The molecule has 1 aliphatic heterocycles. The van der Waals surface area contributed by atoms with Gasteiger partial charge in [-0.3, -0.25) is 4.90 Å². The van der Waals surface area contributed by atoms with Crippen LogP contribution in [0.2, 0.25) is 0 Å². The molecule has 17 heavy (non-hydrogen) atoms. The van der Waals surface area contributed by atoms with Gasteiger partial charge in [0.2, 0.25) is 0 Å². The van der Waals surface area contributed by atoms with E-state index in [1.54, 1.807) is 17.0 Å². The Hall–Kier alpha value is -2.04. The number of carboxylic acid groups (broad SMARTS) is 1. The average molecular weight is 233 g/mol. The number of ether oxygens (including phenoxy) is 1. The molecule has 0 atom stereocenters. The van der Waals surface area contributed by atoms with Crippen molar-refractivity contribution in [3.8, 4) is 0 Å². The standard InChI is InChI=1S/C12H11NO4/c14-10(15)8-2-1-3-9(6-8)13-11(16)17-7-12(13)4-5-12/h1-3,6H,4-5,7H2,(H,14,15). The second kappa shape index (κ2) is 3.23. The number of anilines is 1. The Morgan fingerprint density at radius 1 is 1.41 bits per heavy atom. The van der Waals surface area contributed by atoms with E-state index in [2.05, 4.69) is 0 Å². The Kier molecular flexibility index (Phi) is 1.92. The van der Waals surface area contributed by atoms with Gasteiger partial charge in [-0.15, -0.1) is 0 Å². The zero-order valence-corrected chi connectivity index (χ0v) is 9.05. The van der Waals surface area contributed by atoms with E-state index < -0.39 is 5.97 Å². The number of rotatable bonds is 2. The molecule has 0 unspecified atom stereocenters. The maximum absolute atomic E-state index is 11.7. The van der Waals surface area contributed by atoms with E-state index in [1.807, 2.05) is 0 Å². The zero-order chi connectivity index (χ0) is 12.0. The molecule has 1 amide bonds. The number of cyclic esters (lactones) is 1. The Morgan fingerprint density at radius 3 is 2.82 bits per heavy atom. The lowest BCUT2D eigenvalue weighted by Crippen LogP contribution is -2.35. The third kappa shape index (κ3) is 1.46. The van der Waals surface area contributed by atoms with Crippen LogP contribution in [0, 0.1) is 0 Å². The predicted molar refractivity (Wildman–Crippen MR) is 59.2 cm³/mol. The van der Waals surface area contributed by atoms with Gasteiger partial charge in [-0.05, 0) is 31.0 Å². The fourth-order valence-corrected chi connectivity index (χ4v) is 2.19. The minimum atomic E-state index is -0.996. The molecule has 0 radical (unpaired) electrons. The van der Waals surface area contributed by atoms with Gasteiger partial charge in [-0.25, -0.2) is 9.59 Å². The number of carbonyl (C=O) groups excluding carboxylic acids is 1. The lowest BCUT2D eigenvalue weighted by Gasteiger charge is -2.20. The number of carbonyl (C=O) groups is 2. The largest absolute Gasteiger partial charge is 0.478 e. The first kappa shape index (κ1) is 10.1. The molecule has 1 saturated heterocycles. The van der Waals surface area contributed by atoms with Crippen molar-refractivity contribution in [3.63, 3.8) is 0 Å². The van der Waals surface area contributed by atoms with Crippen molar-refractivity contribution >= 4 is 17.7 Å². The van der Waals surface area contributed by atoms with Crippen LogP contribution in [-0.4, -0.2) is 29.3 Å². The number of amides is 1. The molecule has 1 heterocycles. The van der Waals surface area contributed by atoms with Crippen LogP contribution in [0.15, 0.2) is 24.3 Å². The summed E-state index contributed by atoms with van der Waals surface area (Å²) in [4.78, 5) is 24.1. The average Bonchev–Trinajstić information content (AvgIpc) is 3.00. The van der Waals surface area contributed by atoms with Gasteiger partial charge in [0.25, 0.3) is 0 Å². The molecule has 1 aromatic carbocycles. The minimum Gasteiger partial charge on any atom is -0.478 e. The van der Waals surface area contributed by atoms with E-state index in [9.17, 15) is 9.59 Å². The first-order chi connectivity index (χ1) is 8.12. The van der Waals surface area contributed by atoms with Crippen molar-refractivity contribution in [3.05, 3.63) is 29.8 Å². The monoisotopic (exact) mass is 233 g/mol. The summed E-state index contributed by atoms with van der Waals surface area (Å²) >= 11 is 0. The summed E-state index contributed by atoms with van der Waals surface area (Å²) in [5.41, 5.74) is 0.566. The summed E-state index contributed by atoms with van der Waals surface area (Å²) in [6, 6.07) is 6.39. The summed E-state index contributed by atoms with van der Waals surface area (Å²) < 4.78 is 5.04. The summed E-state index contributed by atoms with van der Waals surface area (Å²) in [5.74, 6) is -0.996. The highest BCUT2D eigenvalue weighted by Gasteiger charge is 2.57. The van der Waals surface area contributed by atoms with Crippen molar-refractivity contribution in [2.75, 3.05) is 11.5 Å². The van der Waals surface area contributed by atoms with E-state index in [1.165, 1.54) is 12.1 Å². The van der Waals surface area contributed by atoms with E-state index >= 15 is 0 Å². The molecule has 5 nitrogen and oxygen atoms in total. The lowest BCUT2D eigenvalue weighted by molar-refractivity contribution is 0.0697. The Balaban J connectivity index is 2.01. The molecular formula is C12H11NO4. The molecule has 2 fully saturated rings. The molecule has 88 valence electrons. The van der Waals surface area contributed by atoms with Gasteiger partial charge >= 0.3 is 12.1 Å². The van der Waals surface area contributed by atoms with Crippen LogP contribution in [0.1, 0.15) is 23.2 Å². The van der Waals surface area contributed by atoms with Crippen molar-refractivity contribution in [1.82, 2.24) is 0 Å². The van der Waals surface area contributed by atoms with Crippen molar-refractivity contribution in [2.24, 2.45) is 0 Å². The van der Waals surface area contributed by atoms with Crippen molar-refractivity contribution in [2.45, 2.75) is 18.4 Å². The van der Waals surface area contributed by atoms with E-state index in [4.69, 9.17) is 9.84 Å². The minimum absolute atomic E-state index is 0.179. The molecule has 1 spiro atoms. The van der Waals surface area contributed by atoms with Crippen molar-refractivity contribution < 1.29 is 19.4 Å². The Bertz CT molecular complexity index is 507. The highest BCUT2D eigenvalue weighted by atomic mass is 16.6. The first-order valence-corrected chi connectivity index (χ1v) is 5.43. The highest BCUT2D eigenvalue weighted by Crippen LogP contribution is 2.48. The third-order valence-electron chi connectivity index (χ3n) is 3.30. The molecule has 0 aromatic heterocycles. The van der Waals surface area contributed by atoms with E-state index in [0.29, 0.717) is 12.3 Å². The van der Waals surface area contributed by atoms with Crippen molar-refractivity contribution in [1.29, 1.82) is 0 Å². The van der Waals surface area contributed by atoms with E-state index in [-0.39, 0.29) is 17.2 Å². The Labute approximate surface area is 97.6 Å². The maximum atomic E-state index is 11.7. The number of nitrogens with zero attached hydrogens (tertiary/aromatic N) is 1. The fraction of sp³-hybridized carbons (Fsp3) is 0.333. The maximum Gasteiger partial charge on any atom is 0.415 e. The number of benzene rings is 1. The quantitative estimate of drug-likeness (QED) is 0.846. The number of aromatic carboxylic acids is 1. The van der Waals surface area contributed by atoms with Crippen LogP contribution in [0.25, 0.3) is 0 Å². The normalized spacial score (nSPS) is 20.5. The van der Waals surface area contributed by atoms with Gasteiger partial charge in [0.05, 0.1) is 11.1 Å². The van der Waals surface area contributed by atoms with Crippen LogP contribution in [0.3, 0.4) is 0 Å². The molecule has 1 N–H and O–H groups in total. The van der Waals surface area contributed by atoms with Gasteiger partial charge < -0.3 is 9.84 Å². The summed E-state index contributed by atoms with van der Waals surface area (Å²) in [6.45, 7) is 0.406. The molecule has 1 aromatic rings. The lowest BCUT2D eigenvalue weighted by atomic mass is 10.1. The fourth-order valence-electron chi connectivity index (χ4n) is 2.19. The van der Waals surface area contributed by atoms with Gasteiger partial charge in [-0.2, -0.15) is 0 Å². The van der Waals surface area contributed by atoms with Crippen LogP contribution in [0.4, 0.5) is 10.5 Å². The second-order valence-electron chi connectivity index (χ2n) is 4.47. The molecule has 5 heteroatoms. The van der Waals surface area contributed by atoms with Crippen LogP contribution >= 0.6 is 0 Å². The van der Waals surface area contributed by atoms with Gasteiger partial charge in [0.1, 0.15) is 6.61 Å². The van der Waals surface area contributed by atoms with Crippen LogP contribution < -0.4 is 4.90 Å². The SMILES string of the molecule is O=C(O)c1cccc(N2C(=O)OCC23CC3)c1.